The highest BCUT2D eigenvalue weighted by molar-refractivity contribution is 6.31. The molecule has 1 aromatic carbocycles. The molecule has 0 radical (unpaired) electrons. The Balaban J connectivity index is 2.30. The fourth-order valence-corrected chi connectivity index (χ4v) is 1.63. The van der Waals surface area contributed by atoms with E-state index in [1.54, 1.807) is 7.05 Å². The van der Waals surface area contributed by atoms with Crippen LogP contribution in [-0.4, -0.2) is 15.7 Å². The lowest BCUT2D eigenvalue weighted by molar-refractivity contribution is 0.102. The topological polar surface area (TPSA) is 72.9 Å². The summed E-state index contributed by atoms with van der Waals surface area (Å²) in [4.78, 5) is 11.9. The largest absolute Gasteiger partial charge is 0.394 e. The maximum atomic E-state index is 13.5. The van der Waals surface area contributed by atoms with Crippen LogP contribution in [0.25, 0.3) is 0 Å². The Labute approximate surface area is 107 Å². The van der Waals surface area contributed by atoms with Crippen LogP contribution in [0.2, 0.25) is 5.02 Å². The van der Waals surface area contributed by atoms with Gasteiger partial charge in [0, 0.05) is 12.1 Å². The predicted molar refractivity (Wildman–Crippen MR) is 67.0 cm³/mol. The van der Waals surface area contributed by atoms with Crippen molar-refractivity contribution in [2.75, 3.05) is 11.1 Å². The number of amides is 1. The fraction of sp³-hybridized carbons (Fsp3) is 0.0909. The minimum atomic E-state index is -0.655. The second-order valence-electron chi connectivity index (χ2n) is 3.65. The summed E-state index contributed by atoms with van der Waals surface area (Å²) in [7, 11) is 1.61. The van der Waals surface area contributed by atoms with Gasteiger partial charge in [-0.05, 0) is 18.2 Å². The van der Waals surface area contributed by atoms with Gasteiger partial charge in [0.15, 0.2) is 5.82 Å². The molecule has 94 valence electrons. The molecule has 1 amide bonds. The van der Waals surface area contributed by atoms with Gasteiger partial charge in [-0.1, -0.05) is 11.6 Å². The van der Waals surface area contributed by atoms with Crippen molar-refractivity contribution in [3.05, 3.63) is 40.8 Å². The van der Waals surface area contributed by atoms with E-state index in [4.69, 9.17) is 17.3 Å². The Morgan fingerprint density at radius 1 is 1.56 bits per heavy atom. The van der Waals surface area contributed by atoms with Crippen LogP contribution < -0.4 is 11.1 Å². The van der Waals surface area contributed by atoms with Crippen molar-refractivity contribution in [1.29, 1.82) is 0 Å². The molecule has 2 aromatic rings. The number of carbonyl (C=O) groups excluding carboxylic acids is 1. The molecular formula is C11H10ClFN4O. The summed E-state index contributed by atoms with van der Waals surface area (Å²) < 4.78 is 14.9. The third-order valence-electron chi connectivity index (χ3n) is 2.37. The molecule has 18 heavy (non-hydrogen) atoms. The summed E-state index contributed by atoms with van der Waals surface area (Å²) in [6.45, 7) is 0. The van der Waals surface area contributed by atoms with Crippen LogP contribution in [0.15, 0.2) is 24.4 Å². The van der Waals surface area contributed by atoms with E-state index in [0.717, 1.165) is 6.07 Å². The number of hydrogen-bond acceptors (Lipinski definition) is 3. The summed E-state index contributed by atoms with van der Waals surface area (Å²) >= 11 is 5.72. The van der Waals surface area contributed by atoms with Crippen molar-refractivity contribution in [3.8, 4) is 0 Å². The van der Waals surface area contributed by atoms with Gasteiger partial charge >= 0.3 is 0 Å². The summed E-state index contributed by atoms with van der Waals surface area (Å²) in [6.07, 6.45) is 1.39. The standard InChI is InChI=1S/C11H10ClFN4O/c1-17-10(9(14)5-15-17)16-11(18)7-4-6(12)2-3-8(7)13/h2-5H,14H2,1H3,(H,16,18). The average molecular weight is 269 g/mol. The highest BCUT2D eigenvalue weighted by Crippen LogP contribution is 2.19. The van der Waals surface area contributed by atoms with E-state index in [0.29, 0.717) is 11.5 Å². The first-order chi connectivity index (χ1) is 8.49. The quantitative estimate of drug-likeness (QED) is 0.875. The van der Waals surface area contributed by atoms with Crippen LogP contribution in [0.4, 0.5) is 15.9 Å². The summed E-state index contributed by atoms with van der Waals surface area (Å²) in [5.74, 6) is -0.984. The van der Waals surface area contributed by atoms with Crippen LogP contribution >= 0.6 is 11.6 Å². The minimum absolute atomic E-state index is 0.150. The van der Waals surface area contributed by atoms with Crippen LogP contribution in [0, 0.1) is 5.82 Å². The molecule has 0 aliphatic carbocycles. The van der Waals surface area contributed by atoms with Gasteiger partial charge in [-0.25, -0.2) is 4.39 Å². The third-order valence-corrected chi connectivity index (χ3v) is 2.61. The Morgan fingerprint density at radius 2 is 2.28 bits per heavy atom. The van der Waals surface area contributed by atoms with Gasteiger partial charge in [-0.15, -0.1) is 0 Å². The summed E-state index contributed by atoms with van der Waals surface area (Å²) in [5.41, 5.74) is 5.77. The molecule has 0 saturated heterocycles. The molecule has 2 rings (SSSR count). The Kier molecular flexibility index (Phi) is 3.20. The maximum absolute atomic E-state index is 13.5. The van der Waals surface area contributed by atoms with Crippen molar-refractivity contribution >= 4 is 29.0 Å². The van der Waals surface area contributed by atoms with Gasteiger partial charge in [0.05, 0.1) is 17.4 Å². The second kappa shape index (κ2) is 4.66. The third kappa shape index (κ3) is 2.28. The van der Waals surface area contributed by atoms with Gasteiger partial charge in [0.25, 0.3) is 5.91 Å². The number of nitrogens with zero attached hydrogens (tertiary/aromatic N) is 2. The van der Waals surface area contributed by atoms with Crippen molar-refractivity contribution in [3.63, 3.8) is 0 Å². The first-order valence-corrected chi connectivity index (χ1v) is 5.40. The lowest BCUT2D eigenvalue weighted by Gasteiger charge is -2.07. The number of hydrogen-bond donors (Lipinski definition) is 2. The SMILES string of the molecule is Cn1ncc(N)c1NC(=O)c1cc(Cl)ccc1F. The first kappa shape index (κ1) is 12.4. The van der Waals surface area contributed by atoms with Gasteiger partial charge in [-0.3, -0.25) is 9.48 Å². The summed E-state index contributed by atoms with van der Waals surface area (Å²) in [5, 5.41) is 6.62. The van der Waals surface area contributed by atoms with E-state index in [1.165, 1.54) is 23.0 Å². The molecule has 3 N–H and O–H groups in total. The maximum Gasteiger partial charge on any atom is 0.259 e. The number of nitrogen functional groups attached to an aromatic ring is 1. The van der Waals surface area contributed by atoms with Crippen molar-refractivity contribution in [2.45, 2.75) is 0 Å². The normalized spacial score (nSPS) is 10.4. The number of aryl methyl sites for hydroxylation is 1. The zero-order valence-electron chi connectivity index (χ0n) is 9.45. The van der Waals surface area contributed by atoms with Crippen molar-refractivity contribution in [1.82, 2.24) is 9.78 Å². The number of carbonyl (C=O) groups is 1. The number of aromatic nitrogens is 2. The average Bonchev–Trinajstić information content (AvgIpc) is 2.64. The zero-order chi connectivity index (χ0) is 13.3. The van der Waals surface area contributed by atoms with Crippen LogP contribution in [0.5, 0.6) is 0 Å². The minimum Gasteiger partial charge on any atom is -0.394 e. The molecule has 0 saturated carbocycles. The molecule has 0 spiro atoms. The molecule has 0 aliphatic heterocycles. The monoisotopic (exact) mass is 268 g/mol. The molecule has 0 fully saturated rings. The lowest BCUT2D eigenvalue weighted by atomic mass is 10.2. The molecule has 1 heterocycles. The van der Waals surface area contributed by atoms with Crippen LogP contribution in [0.3, 0.4) is 0 Å². The molecule has 7 heteroatoms. The van der Waals surface area contributed by atoms with E-state index in [-0.39, 0.29) is 10.6 Å². The molecule has 0 aliphatic rings. The van der Waals surface area contributed by atoms with E-state index in [2.05, 4.69) is 10.4 Å². The molecule has 1 aromatic heterocycles. The fourth-order valence-electron chi connectivity index (χ4n) is 1.45. The van der Waals surface area contributed by atoms with Gasteiger partial charge < -0.3 is 11.1 Å². The zero-order valence-corrected chi connectivity index (χ0v) is 10.2. The van der Waals surface area contributed by atoms with Crippen LogP contribution in [-0.2, 0) is 7.05 Å². The highest BCUT2D eigenvalue weighted by atomic mass is 35.5. The van der Waals surface area contributed by atoms with Crippen molar-refractivity contribution < 1.29 is 9.18 Å². The number of nitrogens with one attached hydrogen (secondary N) is 1. The molecular weight excluding hydrogens is 259 g/mol. The number of halogens is 2. The molecule has 5 nitrogen and oxygen atoms in total. The molecule has 0 atom stereocenters. The molecule has 0 unspecified atom stereocenters. The van der Waals surface area contributed by atoms with Crippen LogP contribution in [0.1, 0.15) is 10.4 Å². The van der Waals surface area contributed by atoms with Gasteiger partial charge in [-0.2, -0.15) is 5.10 Å². The Bertz CT molecular complexity index is 592. The van der Waals surface area contributed by atoms with Gasteiger partial charge in [0.2, 0.25) is 0 Å². The number of benzene rings is 1. The van der Waals surface area contributed by atoms with E-state index in [1.807, 2.05) is 0 Å². The van der Waals surface area contributed by atoms with Crippen molar-refractivity contribution in [2.24, 2.45) is 7.05 Å². The smallest absolute Gasteiger partial charge is 0.259 e. The van der Waals surface area contributed by atoms with Gasteiger partial charge in [0.1, 0.15) is 5.82 Å². The molecule has 0 bridgehead atoms. The predicted octanol–water partition coefficient (Wildman–Crippen LogP) is 2.05. The van der Waals surface area contributed by atoms with E-state index >= 15 is 0 Å². The summed E-state index contributed by atoms with van der Waals surface area (Å²) in [6, 6.07) is 3.74. The number of anilines is 2. The van der Waals surface area contributed by atoms with E-state index < -0.39 is 11.7 Å². The Hall–Kier alpha value is -2.08. The Morgan fingerprint density at radius 3 is 2.89 bits per heavy atom. The highest BCUT2D eigenvalue weighted by Gasteiger charge is 2.15. The first-order valence-electron chi connectivity index (χ1n) is 5.03. The number of rotatable bonds is 2. The number of nitrogens with two attached hydrogens (primary N) is 1. The second-order valence-corrected chi connectivity index (χ2v) is 4.09. The van der Waals surface area contributed by atoms with E-state index in [9.17, 15) is 9.18 Å². The lowest BCUT2D eigenvalue weighted by Crippen LogP contribution is -2.17.